The first kappa shape index (κ1) is 33.5. The average Bonchev–Trinajstić information content (AvgIpc) is 3.03. The van der Waals surface area contributed by atoms with Crippen LogP contribution in [0, 0.1) is 18.3 Å². The summed E-state index contributed by atoms with van der Waals surface area (Å²) in [7, 11) is 4.26. The van der Waals surface area contributed by atoms with Crippen molar-refractivity contribution < 1.29 is 14.2 Å². The smallest absolute Gasteiger partial charge is 0.142 e. The highest BCUT2D eigenvalue weighted by atomic mass is 35.5. The Kier molecular flexibility index (Phi) is 11.4. The second-order valence-electron chi connectivity index (χ2n) is 11.7. The number of rotatable bonds is 14. The van der Waals surface area contributed by atoms with E-state index in [4.69, 9.17) is 48.4 Å². The van der Waals surface area contributed by atoms with Gasteiger partial charge in [0, 0.05) is 67.4 Å². The van der Waals surface area contributed by atoms with Crippen LogP contribution in [0.4, 0.5) is 0 Å². The molecule has 0 atom stereocenters. The Morgan fingerprint density at radius 3 is 2.46 bits per heavy atom. The molecule has 0 saturated carbocycles. The Balaban J connectivity index is 1.24. The van der Waals surface area contributed by atoms with Gasteiger partial charge in [-0.2, -0.15) is 5.26 Å². The molecule has 3 aromatic carbocycles. The van der Waals surface area contributed by atoms with Crippen LogP contribution in [0.5, 0.6) is 17.2 Å². The maximum Gasteiger partial charge on any atom is 0.142 e. The minimum absolute atomic E-state index is 0.219. The summed E-state index contributed by atoms with van der Waals surface area (Å²) < 4.78 is 18.4. The molecule has 0 amide bonds. The first-order valence-corrected chi connectivity index (χ1v) is 16.0. The van der Waals surface area contributed by atoms with Crippen LogP contribution in [0.15, 0.2) is 67.0 Å². The summed E-state index contributed by atoms with van der Waals surface area (Å²) in [5.41, 5.74) is 11.9. The summed E-state index contributed by atoms with van der Waals surface area (Å²) >= 11 is 13.5. The predicted octanol–water partition coefficient (Wildman–Crippen LogP) is 6.87. The third kappa shape index (κ3) is 8.11. The van der Waals surface area contributed by atoms with Crippen LogP contribution in [-0.2, 0) is 19.8 Å². The van der Waals surface area contributed by atoms with Gasteiger partial charge in [-0.1, -0.05) is 53.5 Å². The maximum absolute atomic E-state index is 9.17. The molecule has 10 heteroatoms. The second kappa shape index (κ2) is 15.6. The molecule has 2 N–H and O–H groups in total. The highest BCUT2D eigenvalue weighted by Gasteiger charge is 2.27. The zero-order chi connectivity index (χ0) is 32.6. The van der Waals surface area contributed by atoms with Gasteiger partial charge in [0.1, 0.15) is 36.5 Å². The van der Waals surface area contributed by atoms with Crippen molar-refractivity contribution in [3.05, 3.63) is 105 Å². The van der Waals surface area contributed by atoms with Crippen LogP contribution in [0.1, 0.15) is 34.2 Å². The van der Waals surface area contributed by atoms with E-state index in [0.717, 1.165) is 59.4 Å². The van der Waals surface area contributed by atoms with Gasteiger partial charge in [0.15, 0.2) is 0 Å². The Bertz CT molecular complexity index is 1700. The van der Waals surface area contributed by atoms with Gasteiger partial charge >= 0.3 is 0 Å². The van der Waals surface area contributed by atoms with E-state index in [0.29, 0.717) is 45.5 Å². The van der Waals surface area contributed by atoms with Gasteiger partial charge in [0.2, 0.25) is 0 Å². The molecule has 5 rings (SSSR count). The summed E-state index contributed by atoms with van der Waals surface area (Å²) in [6.45, 7) is 6.65. The quantitative estimate of drug-likeness (QED) is 0.147. The zero-order valence-corrected chi connectivity index (χ0v) is 27.9. The molecule has 1 aliphatic rings. The fraction of sp³-hybridized carbons (Fsp3) is 0.333. The molecule has 240 valence electrons. The van der Waals surface area contributed by atoms with Crippen LogP contribution >= 0.6 is 23.2 Å². The number of nitriles is 1. The van der Waals surface area contributed by atoms with Crippen LogP contribution in [0.25, 0.3) is 11.1 Å². The highest BCUT2D eigenvalue weighted by molar-refractivity contribution is 6.35. The van der Waals surface area contributed by atoms with Crippen molar-refractivity contribution >= 4 is 23.2 Å². The first-order chi connectivity index (χ1) is 22.3. The lowest BCUT2D eigenvalue weighted by Gasteiger charge is -2.42. The van der Waals surface area contributed by atoms with Crippen molar-refractivity contribution in [3.63, 3.8) is 0 Å². The molecule has 1 fully saturated rings. The number of pyridine rings is 1. The standard InChI is InChI=1S/C36H39Cl2N5O3/c1-24-27(23-46-35-15-34(28(17-40)14-32(35)37)45-22-26-13-25(16-39)18-41-19-26)7-4-8-30(24)31-9-5-10-33(36(31)38)44-12-6-11-43-20-29(21-43)42(2)3/h4-5,7-10,13-15,18-19,29H,6,11-12,17,20-23,40H2,1-3H3. The van der Waals surface area contributed by atoms with Gasteiger partial charge < -0.3 is 24.8 Å². The van der Waals surface area contributed by atoms with Crippen molar-refractivity contribution in [3.8, 4) is 34.4 Å². The van der Waals surface area contributed by atoms with E-state index in [1.165, 1.54) is 6.20 Å². The number of benzene rings is 3. The molecule has 1 aromatic heterocycles. The minimum Gasteiger partial charge on any atom is -0.492 e. The van der Waals surface area contributed by atoms with Crippen LogP contribution in [0.3, 0.4) is 0 Å². The van der Waals surface area contributed by atoms with E-state index in [1.807, 2.05) is 30.3 Å². The lowest BCUT2D eigenvalue weighted by Crippen LogP contribution is -2.57. The molecule has 46 heavy (non-hydrogen) atoms. The summed E-state index contributed by atoms with van der Waals surface area (Å²) in [5, 5.41) is 10.2. The first-order valence-electron chi connectivity index (χ1n) is 15.3. The lowest BCUT2D eigenvalue weighted by molar-refractivity contribution is 0.0595. The fourth-order valence-electron chi connectivity index (χ4n) is 5.41. The van der Waals surface area contributed by atoms with E-state index in [1.54, 1.807) is 24.4 Å². The Labute approximate surface area is 281 Å². The topological polar surface area (TPSA) is 96.9 Å². The van der Waals surface area contributed by atoms with Crippen LogP contribution < -0.4 is 19.9 Å². The molecule has 1 aliphatic heterocycles. The molecule has 4 aromatic rings. The Morgan fingerprint density at radius 2 is 1.70 bits per heavy atom. The molecule has 0 unspecified atom stereocenters. The number of nitrogens with two attached hydrogens (primary N) is 1. The third-order valence-corrected chi connectivity index (χ3v) is 8.97. The van der Waals surface area contributed by atoms with Crippen molar-refractivity contribution in [2.75, 3.05) is 40.3 Å². The minimum atomic E-state index is 0.219. The van der Waals surface area contributed by atoms with Crippen LogP contribution in [0.2, 0.25) is 10.0 Å². The Morgan fingerprint density at radius 1 is 0.935 bits per heavy atom. The fourth-order valence-corrected chi connectivity index (χ4v) is 5.93. The van der Waals surface area contributed by atoms with E-state index in [2.05, 4.69) is 47.9 Å². The van der Waals surface area contributed by atoms with Crippen molar-refractivity contribution in [2.45, 2.75) is 39.1 Å². The average molecular weight is 661 g/mol. The number of hydrogen-bond acceptors (Lipinski definition) is 8. The van der Waals surface area contributed by atoms with Gasteiger partial charge in [-0.15, -0.1) is 0 Å². The van der Waals surface area contributed by atoms with E-state index in [-0.39, 0.29) is 19.8 Å². The van der Waals surface area contributed by atoms with Gasteiger partial charge in [0.25, 0.3) is 0 Å². The number of likely N-dealkylation sites (N-methyl/N-ethyl adjacent to an activating group) is 1. The third-order valence-electron chi connectivity index (χ3n) is 8.28. The van der Waals surface area contributed by atoms with E-state index >= 15 is 0 Å². The molecule has 0 aliphatic carbocycles. The molecular formula is C36H39Cl2N5O3. The van der Waals surface area contributed by atoms with Gasteiger partial charge in [0.05, 0.1) is 22.2 Å². The SMILES string of the molecule is Cc1c(COc2cc(OCc3cncc(C#N)c3)c(CN)cc2Cl)cccc1-c1cccc(OCCCN2CC(N(C)C)C2)c1Cl. The Hall–Kier alpha value is -3.84. The van der Waals surface area contributed by atoms with E-state index in [9.17, 15) is 0 Å². The van der Waals surface area contributed by atoms with Crippen molar-refractivity contribution in [2.24, 2.45) is 5.73 Å². The summed E-state index contributed by atoms with van der Waals surface area (Å²) in [4.78, 5) is 8.82. The van der Waals surface area contributed by atoms with Crippen molar-refractivity contribution in [1.82, 2.24) is 14.8 Å². The second-order valence-corrected chi connectivity index (χ2v) is 12.4. The number of likely N-dealkylation sites (tertiary alicyclic amines) is 1. The molecular weight excluding hydrogens is 621 g/mol. The number of halogens is 2. The summed E-state index contributed by atoms with van der Waals surface area (Å²) in [5.74, 6) is 1.72. The molecule has 0 bridgehead atoms. The number of ether oxygens (including phenoxy) is 3. The molecule has 1 saturated heterocycles. The van der Waals surface area contributed by atoms with Crippen LogP contribution in [-0.4, -0.2) is 61.2 Å². The maximum atomic E-state index is 9.17. The van der Waals surface area contributed by atoms with Crippen molar-refractivity contribution in [1.29, 1.82) is 5.26 Å². The monoisotopic (exact) mass is 659 g/mol. The van der Waals surface area contributed by atoms with Gasteiger partial charge in [-0.25, -0.2) is 0 Å². The van der Waals surface area contributed by atoms with Gasteiger partial charge in [-0.05, 0) is 62.3 Å². The molecule has 8 nitrogen and oxygen atoms in total. The predicted molar refractivity (Wildman–Crippen MR) is 183 cm³/mol. The molecule has 0 radical (unpaired) electrons. The van der Waals surface area contributed by atoms with Gasteiger partial charge in [-0.3, -0.25) is 9.88 Å². The summed E-state index contributed by atoms with van der Waals surface area (Å²) in [6.07, 6.45) is 4.11. The highest BCUT2D eigenvalue weighted by Crippen LogP contribution is 2.38. The largest absolute Gasteiger partial charge is 0.492 e. The number of nitrogens with zero attached hydrogens (tertiary/aromatic N) is 4. The summed E-state index contributed by atoms with van der Waals surface area (Å²) in [6, 6.07) is 20.0. The molecule has 0 spiro atoms. The lowest BCUT2D eigenvalue weighted by atomic mass is 9.96. The van der Waals surface area contributed by atoms with E-state index < -0.39 is 0 Å². The normalized spacial score (nSPS) is 13.3. The zero-order valence-electron chi connectivity index (χ0n) is 26.4. The molecule has 2 heterocycles. The number of aromatic nitrogens is 1. The number of hydrogen-bond donors (Lipinski definition) is 1.